The number of methoxy groups -OCH3 is 1. The number of rotatable bonds is 8. The molecule has 0 saturated carbocycles. The van der Waals surface area contributed by atoms with Crippen LogP contribution in [0.25, 0.3) is 0 Å². The number of guanidine groups is 1. The number of likely N-dealkylation sites (tertiary alicyclic amines) is 1. The van der Waals surface area contributed by atoms with Crippen molar-refractivity contribution < 1.29 is 14.3 Å². The van der Waals surface area contributed by atoms with E-state index in [1.165, 1.54) is 7.11 Å². The summed E-state index contributed by atoms with van der Waals surface area (Å²) in [4.78, 5) is 23.2. The number of hydrogen-bond donors (Lipinski definition) is 1. The third-order valence-electron chi connectivity index (χ3n) is 4.74. The molecule has 1 aliphatic rings. The lowest BCUT2D eigenvalue weighted by molar-refractivity contribution is -0.145. The quantitative estimate of drug-likeness (QED) is 0.325. The summed E-state index contributed by atoms with van der Waals surface area (Å²) < 4.78 is 10.7. The van der Waals surface area contributed by atoms with E-state index in [4.69, 9.17) is 14.5 Å². The maximum Gasteiger partial charge on any atom is 0.310 e. The van der Waals surface area contributed by atoms with Crippen molar-refractivity contribution in [1.29, 1.82) is 0 Å². The number of esters is 1. The summed E-state index contributed by atoms with van der Waals surface area (Å²) in [5.74, 6) is 1.41. The Hall–Kier alpha value is -2.31. The van der Waals surface area contributed by atoms with Gasteiger partial charge in [-0.15, -0.1) is 0 Å². The summed E-state index contributed by atoms with van der Waals surface area (Å²) >= 11 is 0. The second kappa shape index (κ2) is 10.7. The van der Waals surface area contributed by atoms with Gasteiger partial charge < -0.3 is 19.7 Å². The minimum absolute atomic E-state index is 0.120. The number of aromatic nitrogens is 1. The Bertz CT molecular complexity index is 635. The van der Waals surface area contributed by atoms with Crippen LogP contribution in [-0.4, -0.2) is 55.2 Å². The maximum atomic E-state index is 12.0. The SMILES string of the molecule is CCCCOc1ncccc1CN=C(NCC)N1CC(C)C(C(=O)OC)C1. The van der Waals surface area contributed by atoms with Crippen molar-refractivity contribution in [2.24, 2.45) is 16.8 Å². The molecule has 7 nitrogen and oxygen atoms in total. The topological polar surface area (TPSA) is 76.1 Å². The molecular weight excluding hydrogens is 344 g/mol. The molecule has 0 amide bonds. The minimum atomic E-state index is -0.153. The van der Waals surface area contributed by atoms with E-state index < -0.39 is 0 Å². The molecule has 1 N–H and O–H groups in total. The van der Waals surface area contributed by atoms with Crippen LogP contribution >= 0.6 is 0 Å². The Labute approximate surface area is 162 Å². The molecule has 0 radical (unpaired) electrons. The fraction of sp³-hybridized carbons (Fsp3) is 0.650. The Morgan fingerprint density at radius 2 is 2.22 bits per heavy atom. The van der Waals surface area contributed by atoms with Crippen LogP contribution in [0.3, 0.4) is 0 Å². The molecule has 1 aliphatic heterocycles. The zero-order valence-corrected chi connectivity index (χ0v) is 16.9. The zero-order valence-electron chi connectivity index (χ0n) is 16.9. The number of aliphatic imine (C=N–C) groups is 1. The van der Waals surface area contributed by atoms with Crippen LogP contribution in [0.2, 0.25) is 0 Å². The van der Waals surface area contributed by atoms with Gasteiger partial charge in [0.05, 0.1) is 26.2 Å². The van der Waals surface area contributed by atoms with Gasteiger partial charge in [0.25, 0.3) is 0 Å². The molecule has 1 aromatic heterocycles. The fourth-order valence-electron chi connectivity index (χ4n) is 3.17. The van der Waals surface area contributed by atoms with Gasteiger partial charge in [-0.05, 0) is 25.3 Å². The van der Waals surface area contributed by atoms with E-state index >= 15 is 0 Å². The van der Waals surface area contributed by atoms with Crippen molar-refractivity contribution in [3.05, 3.63) is 23.9 Å². The number of ether oxygens (including phenoxy) is 2. The molecule has 1 saturated heterocycles. The second-order valence-electron chi connectivity index (χ2n) is 6.85. The van der Waals surface area contributed by atoms with Gasteiger partial charge in [0.2, 0.25) is 5.88 Å². The Balaban J connectivity index is 2.09. The molecule has 2 unspecified atom stereocenters. The van der Waals surface area contributed by atoms with E-state index in [1.807, 2.05) is 19.1 Å². The molecule has 0 aromatic carbocycles. The number of hydrogen-bond acceptors (Lipinski definition) is 5. The van der Waals surface area contributed by atoms with Crippen LogP contribution in [0.15, 0.2) is 23.3 Å². The van der Waals surface area contributed by atoms with Gasteiger partial charge in [-0.3, -0.25) is 4.79 Å². The largest absolute Gasteiger partial charge is 0.477 e. The molecule has 1 fully saturated rings. The summed E-state index contributed by atoms with van der Waals surface area (Å²) in [6.07, 6.45) is 3.82. The number of nitrogens with one attached hydrogen (secondary N) is 1. The number of pyridine rings is 1. The van der Waals surface area contributed by atoms with Gasteiger partial charge in [0.1, 0.15) is 0 Å². The summed E-state index contributed by atoms with van der Waals surface area (Å²) in [7, 11) is 1.44. The first-order valence-electron chi connectivity index (χ1n) is 9.78. The van der Waals surface area contributed by atoms with Crippen molar-refractivity contribution in [2.75, 3.05) is 33.4 Å². The van der Waals surface area contributed by atoms with E-state index in [0.717, 1.165) is 37.5 Å². The van der Waals surface area contributed by atoms with Crippen LogP contribution in [0.1, 0.15) is 39.2 Å². The van der Waals surface area contributed by atoms with Crippen molar-refractivity contribution in [3.8, 4) is 5.88 Å². The summed E-state index contributed by atoms with van der Waals surface area (Å²) in [6, 6.07) is 3.89. The van der Waals surface area contributed by atoms with Gasteiger partial charge in [0, 0.05) is 31.4 Å². The van der Waals surface area contributed by atoms with Gasteiger partial charge >= 0.3 is 5.97 Å². The Morgan fingerprint density at radius 1 is 1.41 bits per heavy atom. The smallest absolute Gasteiger partial charge is 0.310 e. The molecule has 2 heterocycles. The van der Waals surface area contributed by atoms with Gasteiger partial charge in [0.15, 0.2) is 5.96 Å². The van der Waals surface area contributed by atoms with E-state index in [9.17, 15) is 4.79 Å². The van der Waals surface area contributed by atoms with Crippen LogP contribution in [0.5, 0.6) is 5.88 Å². The monoisotopic (exact) mass is 376 g/mol. The number of carbonyl (C=O) groups is 1. The third-order valence-corrected chi connectivity index (χ3v) is 4.74. The molecule has 1 aromatic rings. The van der Waals surface area contributed by atoms with Gasteiger partial charge in [-0.25, -0.2) is 9.98 Å². The van der Waals surface area contributed by atoms with E-state index in [-0.39, 0.29) is 17.8 Å². The van der Waals surface area contributed by atoms with Crippen LogP contribution < -0.4 is 10.1 Å². The van der Waals surface area contributed by atoms with E-state index in [1.54, 1.807) is 6.20 Å². The van der Waals surface area contributed by atoms with Gasteiger partial charge in [-0.2, -0.15) is 0 Å². The molecule has 0 bridgehead atoms. The molecule has 0 aliphatic carbocycles. The number of unbranched alkanes of at least 4 members (excludes halogenated alkanes) is 1. The first-order chi connectivity index (χ1) is 13.1. The van der Waals surface area contributed by atoms with Crippen molar-refractivity contribution in [1.82, 2.24) is 15.2 Å². The standard InChI is InChI=1S/C20H32N4O3/c1-5-7-11-27-18-16(9-8-10-22-18)12-23-20(21-6-2)24-13-15(3)17(14-24)19(25)26-4/h8-10,15,17H,5-7,11-14H2,1-4H3,(H,21,23). The second-order valence-corrected chi connectivity index (χ2v) is 6.85. The molecule has 150 valence electrons. The maximum absolute atomic E-state index is 12.0. The van der Waals surface area contributed by atoms with Crippen molar-refractivity contribution in [3.63, 3.8) is 0 Å². The zero-order chi connectivity index (χ0) is 19.6. The molecule has 0 spiro atoms. The summed E-state index contributed by atoms with van der Waals surface area (Å²) in [6.45, 7) is 9.54. The normalized spacial score (nSPS) is 19.9. The Morgan fingerprint density at radius 3 is 2.93 bits per heavy atom. The van der Waals surface area contributed by atoms with Crippen LogP contribution in [0, 0.1) is 11.8 Å². The highest BCUT2D eigenvalue weighted by Gasteiger charge is 2.36. The van der Waals surface area contributed by atoms with E-state index in [0.29, 0.717) is 25.6 Å². The van der Waals surface area contributed by atoms with E-state index in [2.05, 4.69) is 29.0 Å². The Kier molecular flexibility index (Phi) is 8.36. The lowest BCUT2D eigenvalue weighted by Gasteiger charge is -2.21. The third kappa shape index (κ3) is 5.84. The molecular formula is C20H32N4O3. The predicted molar refractivity (Wildman–Crippen MR) is 106 cm³/mol. The first kappa shape index (κ1) is 21.0. The van der Waals surface area contributed by atoms with Crippen molar-refractivity contribution in [2.45, 2.75) is 40.2 Å². The molecule has 2 rings (SSSR count). The fourth-order valence-corrected chi connectivity index (χ4v) is 3.17. The molecule has 2 atom stereocenters. The van der Waals surface area contributed by atoms with Gasteiger partial charge in [-0.1, -0.05) is 26.3 Å². The van der Waals surface area contributed by atoms with Crippen LogP contribution in [0.4, 0.5) is 0 Å². The minimum Gasteiger partial charge on any atom is -0.477 e. The highest BCUT2D eigenvalue weighted by Crippen LogP contribution is 2.24. The predicted octanol–water partition coefficient (Wildman–Crippen LogP) is 2.47. The summed E-state index contributed by atoms with van der Waals surface area (Å²) in [5, 5.41) is 3.33. The highest BCUT2D eigenvalue weighted by molar-refractivity contribution is 5.82. The lowest BCUT2D eigenvalue weighted by atomic mass is 9.99. The lowest BCUT2D eigenvalue weighted by Crippen LogP contribution is -2.40. The average Bonchev–Trinajstić information content (AvgIpc) is 3.07. The first-order valence-corrected chi connectivity index (χ1v) is 9.78. The number of nitrogens with zero attached hydrogens (tertiary/aromatic N) is 3. The highest BCUT2D eigenvalue weighted by atomic mass is 16.5. The van der Waals surface area contributed by atoms with Crippen molar-refractivity contribution >= 4 is 11.9 Å². The summed E-state index contributed by atoms with van der Waals surface area (Å²) in [5.41, 5.74) is 0.959. The molecule has 7 heteroatoms. The number of carbonyl (C=O) groups excluding carboxylic acids is 1. The molecule has 27 heavy (non-hydrogen) atoms. The van der Waals surface area contributed by atoms with Crippen LogP contribution in [-0.2, 0) is 16.1 Å². The average molecular weight is 377 g/mol.